The molecule has 6 heteroatoms. The number of rotatable bonds is 2. The average molecular weight is 272 g/mol. The fourth-order valence-electron chi connectivity index (χ4n) is 2.43. The zero-order valence-electron chi connectivity index (χ0n) is 11.4. The Morgan fingerprint density at radius 1 is 1.50 bits per heavy atom. The van der Waals surface area contributed by atoms with E-state index >= 15 is 0 Å². The first-order valence-corrected chi connectivity index (χ1v) is 6.61. The highest BCUT2D eigenvalue weighted by molar-refractivity contribution is 6.01. The predicted octanol–water partition coefficient (Wildman–Crippen LogP) is 1.17. The van der Waals surface area contributed by atoms with Crippen LogP contribution in [0.5, 0.6) is 0 Å². The van der Waals surface area contributed by atoms with Crippen LogP contribution in [0.2, 0.25) is 0 Å². The molecule has 0 radical (unpaired) electrons. The molecule has 3 rings (SSSR count). The van der Waals surface area contributed by atoms with Crippen molar-refractivity contribution >= 4 is 23.1 Å². The number of pyridine rings is 1. The fourth-order valence-corrected chi connectivity index (χ4v) is 2.43. The second-order valence-electron chi connectivity index (χ2n) is 5.05. The van der Waals surface area contributed by atoms with Crippen molar-refractivity contribution in [2.24, 2.45) is 0 Å². The van der Waals surface area contributed by atoms with Crippen molar-refractivity contribution in [2.45, 2.75) is 32.7 Å². The number of nitrogens with zero attached hydrogens (tertiary/aromatic N) is 2. The molecule has 1 aliphatic rings. The molecule has 0 aromatic carbocycles. The molecular weight excluding hydrogens is 256 g/mol. The van der Waals surface area contributed by atoms with Crippen LogP contribution < -0.4 is 10.6 Å². The zero-order chi connectivity index (χ0) is 14.3. The van der Waals surface area contributed by atoms with Crippen LogP contribution in [0, 0.1) is 13.8 Å². The van der Waals surface area contributed by atoms with Crippen LogP contribution in [-0.2, 0) is 9.59 Å². The van der Waals surface area contributed by atoms with Gasteiger partial charge in [0.15, 0.2) is 5.65 Å². The highest BCUT2D eigenvalue weighted by atomic mass is 16.2. The van der Waals surface area contributed by atoms with Gasteiger partial charge in [-0.05, 0) is 32.4 Å². The first-order valence-electron chi connectivity index (χ1n) is 6.61. The quantitative estimate of drug-likeness (QED) is 0.861. The number of hydrogen-bond acceptors (Lipinski definition) is 3. The molecule has 104 valence electrons. The summed E-state index contributed by atoms with van der Waals surface area (Å²) in [6.07, 6.45) is 2.86. The SMILES string of the molecule is Cc1nc2c(NC(=O)C3CCC(=O)N3)cccn2c1C. The van der Waals surface area contributed by atoms with E-state index < -0.39 is 6.04 Å². The lowest BCUT2D eigenvalue weighted by atomic mass is 10.2. The van der Waals surface area contributed by atoms with Gasteiger partial charge in [0.2, 0.25) is 11.8 Å². The maximum absolute atomic E-state index is 12.1. The molecule has 0 bridgehead atoms. The van der Waals surface area contributed by atoms with Crippen molar-refractivity contribution in [1.29, 1.82) is 0 Å². The van der Waals surface area contributed by atoms with E-state index in [1.54, 1.807) is 0 Å². The van der Waals surface area contributed by atoms with Gasteiger partial charge < -0.3 is 15.0 Å². The predicted molar refractivity (Wildman–Crippen MR) is 74.5 cm³/mol. The Bertz CT molecular complexity index is 705. The Balaban J connectivity index is 1.89. The third-order valence-corrected chi connectivity index (χ3v) is 3.70. The van der Waals surface area contributed by atoms with E-state index in [4.69, 9.17) is 0 Å². The Morgan fingerprint density at radius 3 is 3.00 bits per heavy atom. The summed E-state index contributed by atoms with van der Waals surface area (Å²) in [4.78, 5) is 27.8. The Morgan fingerprint density at radius 2 is 2.30 bits per heavy atom. The van der Waals surface area contributed by atoms with Crippen LogP contribution in [0.25, 0.3) is 5.65 Å². The fraction of sp³-hybridized carbons (Fsp3) is 0.357. The number of hydrogen-bond donors (Lipinski definition) is 2. The Labute approximate surface area is 116 Å². The number of amides is 2. The van der Waals surface area contributed by atoms with Gasteiger partial charge >= 0.3 is 0 Å². The number of fused-ring (bicyclic) bond motifs is 1. The van der Waals surface area contributed by atoms with Gasteiger partial charge in [-0.3, -0.25) is 9.59 Å². The van der Waals surface area contributed by atoms with Crippen molar-refractivity contribution in [1.82, 2.24) is 14.7 Å². The molecule has 2 N–H and O–H groups in total. The van der Waals surface area contributed by atoms with Crippen LogP contribution in [0.4, 0.5) is 5.69 Å². The second-order valence-corrected chi connectivity index (χ2v) is 5.05. The van der Waals surface area contributed by atoms with E-state index in [9.17, 15) is 9.59 Å². The molecule has 1 saturated heterocycles. The van der Waals surface area contributed by atoms with Gasteiger partial charge in [0.1, 0.15) is 6.04 Å². The lowest BCUT2D eigenvalue weighted by molar-refractivity contribution is -0.122. The largest absolute Gasteiger partial charge is 0.344 e. The molecule has 1 unspecified atom stereocenters. The van der Waals surface area contributed by atoms with Crippen molar-refractivity contribution in [2.75, 3.05) is 5.32 Å². The standard InChI is InChI=1S/C14H16N4O2/c1-8-9(2)18-7-3-4-10(13(18)15-8)17-14(20)11-5-6-12(19)16-11/h3-4,7,11H,5-6H2,1-2H3,(H,16,19)(H,17,20). The van der Waals surface area contributed by atoms with Crippen LogP contribution in [0.1, 0.15) is 24.2 Å². The molecule has 0 saturated carbocycles. The Kier molecular flexibility index (Phi) is 2.93. The normalized spacial score (nSPS) is 18.3. The third kappa shape index (κ3) is 2.03. The van der Waals surface area contributed by atoms with Crippen LogP contribution in [-0.4, -0.2) is 27.2 Å². The topological polar surface area (TPSA) is 75.5 Å². The summed E-state index contributed by atoms with van der Waals surface area (Å²) in [6, 6.07) is 3.24. The van der Waals surface area contributed by atoms with Gasteiger partial charge in [-0.25, -0.2) is 4.98 Å². The van der Waals surface area contributed by atoms with Crippen molar-refractivity contribution in [3.05, 3.63) is 29.7 Å². The summed E-state index contributed by atoms with van der Waals surface area (Å²) in [6.45, 7) is 3.92. The summed E-state index contributed by atoms with van der Waals surface area (Å²) in [5.41, 5.74) is 3.36. The monoisotopic (exact) mass is 272 g/mol. The summed E-state index contributed by atoms with van der Waals surface area (Å²) in [5.74, 6) is -0.266. The molecule has 0 aliphatic carbocycles. The van der Waals surface area contributed by atoms with E-state index in [1.807, 2.05) is 36.6 Å². The molecule has 3 heterocycles. The molecule has 2 aromatic rings. The van der Waals surface area contributed by atoms with E-state index in [0.29, 0.717) is 18.5 Å². The number of carbonyl (C=O) groups excluding carboxylic acids is 2. The number of aryl methyl sites for hydroxylation is 2. The van der Waals surface area contributed by atoms with Gasteiger partial charge in [-0.1, -0.05) is 0 Å². The van der Waals surface area contributed by atoms with Gasteiger partial charge in [0.25, 0.3) is 0 Å². The van der Waals surface area contributed by atoms with Crippen LogP contribution in [0.3, 0.4) is 0 Å². The number of imidazole rings is 1. The number of carbonyl (C=O) groups is 2. The van der Waals surface area contributed by atoms with E-state index in [-0.39, 0.29) is 11.8 Å². The van der Waals surface area contributed by atoms with Crippen molar-refractivity contribution < 1.29 is 9.59 Å². The van der Waals surface area contributed by atoms with E-state index in [2.05, 4.69) is 15.6 Å². The second kappa shape index (κ2) is 4.63. The minimum atomic E-state index is -0.445. The minimum absolute atomic E-state index is 0.0733. The molecule has 1 aliphatic heterocycles. The zero-order valence-corrected chi connectivity index (χ0v) is 11.4. The highest BCUT2D eigenvalue weighted by Gasteiger charge is 2.27. The summed E-state index contributed by atoms with van der Waals surface area (Å²) in [7, 11) is 0. The Hall–Kier alpha value is -2.37. The molecule has 0 spiro atoms. The van der Waals surface area contributed by atoms with E-state index in [1.165, 1.54) is 0 Å². The van der Waals surface area contributed by atoms with Crippen LogP contribution in [0.15, 0.2) is 18.3 Å². The minimum Gasteiger partial charge on any atom is -0.344 e. The third-order valence-electron chi connectivity index (χ3n) is 3.70. The smallest absolute Gasteiger partial charge is 0.247 e. The van der Waals surface area contributed by atoms with Crippen molar-refractivity contribution in [3.8, 4) is 0 Å². The number of nitrogens with one attached hydrogen (secondary N) is 2. The first kappa shape index (κ1) is 12.7. The average Bonchev–Trinajstić information content (AvgIpc) is 2.97. The molecular formula is C14H16N4O2. The summed E-state index contributed by atoms with van der Waals surface area (Å²) >= 11 is 0. The summed E-state index contributed by atoms with van der Waals surface area (Å²) < 4.78 is 1.94. The lowest BCUT2D eigenvalue weighted by Crippen LogP contribution is -2.37. The van der Waals surface area contributed by atoms with Gasteiger partial charge in [0, 0.05) is 18.3 Å². The molecule has 6 nitrogen and oxygen atoms in total. The van der Waals surface area contributed by atoms with Gasteiger partial charge in [0.05, 0.1) is 11.4 Å². The van der Waals surface area contributed by atoms with Gasteiger partial charge in [-0.2, -0.15) is 0 Å². The molecule has 2 aromatic heterocycles. The van der Waals surface area contributed by atoms with E-state index in [0.717, 1.165) is 17.0 Å². The highest BCUT2D eigenvalue weighted by Crippen LogP contribution is 2.20. The number of aromatic nitrogens is 2. The number of anilines is 1. The molecule has 20 heavy (non-hydrogen) atoms. The molecule has 1 atom stereocenters. The first-order chi connectivity index (χ1) is 9.56. The molecule has 1 fully saturated rings. The van der Waals surface area contributed by atoms with Crippen molar-refractivity contribution in [3.63, 3.8) is 0 Å². The maximum Gasteiger partial charge on any atom is 0.247 e. The van der Waals surface area contributed by atoms with Crippen LogP contribution >= 0.6 is 0 Å². The molecule has 2 amide bonds. The maximum atomic E-state index is 12.1. The summed E-state index contributed by atoms with van der Waals surface area (Å²) in [5, 5.41) is 5.51. The lowest BCUT2D eigenvalue weighted by Gasteiger charge is -2.11. The van der Waals surface area contributed by atoms with Gasteiger partial charge in [-0.15, -0.1) is 0 Å².